The summed E-state index contributed by atoms with van der Waals surface area (Å²) in [6, 6.07) is 12.6. The molecule has 8 heteroatoms. The van der Waals surface area contributed by atoms with Gasteiger partial charge < -0.3 is 10.3 Å². The first-order valence-corrected chi connectivity index (χ1v) is 7.98. The van der Waals surface area contributed by atoms with Gasteiger partial charge in [-0.2, -0.15) is 10.2 Å². The third kappa shape index (κ3) is 2.95. The second-order valence-electron chi connectivity index (χ2n) is 5.87. The highest BCUT2D eigenvalue weighted by Gasteiger charge is 2.16. The van der Waals surface area contributed by atoms with Crippen molar-refractivity contribution in [2.45, 2.75) is 6.54 Å². The van der Waals surface area contributed by atoms with Crippen LogP contribution < -0.4 is 5.73 Å². The number of imidazole rings is 1. The molecule has 2 N–H and O–H groups in total. The number of fused-ring (bicyclic) bond motifs is 1. The molecule has 4 rings (SSSR count). The summed E-state index contributed by atoms with van der Waals surface area (Å²) >= 11 is 0. The average molecular weight is 362 g/mol. The predicted octanol–water partition coefficient (Wildman–Crippen LogP) is 3.27. The van der Waals surface area contributed by atoms with E-state index in [1.54, 1.807) is 24.3 Å². The minimum atomic E-state index is -0.652. The maximum Gasteiger partial charge on any atom is 0.222 e. The van der Waals surface area contributed by atoms with Gasteiger partial charge in [0.05, 0.1) is 24.5 Å². The molecule has 0 bridgehead atoms. The third-order valence-electron chi connectivity index (χ3n) is 4.14. The van der Waals surface area contributed by atoms with Crippen LogP contribution in [0.15, 0.2) is 48.8 Å². The first kappa shape index (κ1) is 16.6. The molecule has 27 heavy (non-hydrogen) atoms. The van der Waals surface area contributed by atoms with Crippen LogP contribution in [0, 0.1) is 23.0 Å². The number of benzene rings is 2. The van der Waals surface area contributed by atoms with Crippen molar-refractivity contribution in [3.05, 3.63) is 71.6 Å². The summed E-state index contributed by atoms with van der Waals surface area (Å²) in [5.41, 5.74) is 8.08. The smallest absolute Gasteiger partial charge is 0.222 e. The van der Waals surface area contributed by atoms with Gasteiger partial charge in [0.1, 0.15) is 22.8 Å². The summed E-state index contributed by atoms with van der Waals surface area (Å²) in [4.78, 5) is 12.7. The van der Waals surface area contributed by atoms with Gasteiger partial charge in [0, 0.05) is 11.1 Å². The van der Waals surface area contributed by atoms with Crippen LogP contribution in [0.4, 0.5) is 14.7 Å². The molecule has 0 saturated heterocycles. The van der Waals surface area contributed by atoms with E-state index in [0.29, 0.717) is 28.0 Å². The fourth-order valence-corrected chi connectivity index (χ4v) is 2.87. The molecule has 2 aromatic heterocycles. The molecule has 2 heterocycles. The van der Waals surface area contributed by atoms with Gasteiger partial charge >= 0.3 is 0 Å². The van der Waals surface area contributed by atoms with E-state index < -0.39 is 11.6 Å². The second kappa shape index (κ2) is 6.46. The zero-order valence-corrected chi connectivity index (χ0v) is 13.9. The SMILES string of the molecule is N#Cc1cccc(-c2nc(N)nc3c2ncn3Cc2c(F)cccc2F)c1. The Kier molecular flexibility index (Phi) is 3.97. The summed E-state index contributed by atoms with van der Waals surface area (Å²) in [6.07, 6.45) is 1.43. The number of nitrogens with zero attached hydrogens (tertiary/aromatic N) is 5. The normalized spacial score (nSPS) is 10.9. The van der Waals surface area contributed by atoms with Crippen LogP contribution in [0.5, 0.6) is 0 Å². The first-order chi connectivity index (χ1) is 13.1. The van der Waals surface area contributed by atoms with E-state index in [2.05, 4.69) is 21.0 Å². The van der Waals surface area contributed by atoms with Crippen LogP contribution in [0.2, 0.25) is 0 Å². The molecule has 132 valence electrons. The van der Waals surface area contributed by atoms with Gasteiger partial charge in [0.25, 0.3) is 0 Å². The molecule has 2 aromatic carbocycles. The number of rotatable bonds is 3. The lowest BCUT2D eigenvalue weighted by Gasteiger charge is -2.08. The molecule has 0 saturated carbocycles. The van der Waals surface area contributed by atoms with E-state index in [0.717, 1.165) is 0 Å². The highest BCUT2D eigenvalue weighted by Crippen LogP contribution is 2.27. The Morgan fingerprint density at radius 3 is 2.56 bits per heavy atom. The zero-order valence-electron chi connectivity index (χ0n) is 13.9. The van der Waals surface area contributed by atoms with E-state index >= 15 is 0 Å². The Bertz CT molecular complexity index is 1190. The van der Waals surface area contributed by atoms with E-state index in [4.69, 9.17) is 11.0 Å². The topological polar surface area (TPSA) is 93.4 Å². The standard InChI is InChI=1S/C19H12F2N6/c20-14-5-2-6-15(21)13(14)9-27-10-24-17-16(25-19(23)26-18(17)27)12-4-1-3-11(7-12)8-22/h1-7,10H,9H2,(H2,23,25,26). The molecule has 0 aliphatic carbocycles. The van der Waals surface area contributed by atoms with Gasteiger partial charge in [-0.3, -0.25) is 0 Å². The summed E-state index contributed by atoms with van der Waals surface area (Å²) < 4.78 is 29.5. The molecular weight excluding hydrogens is 350 g/mol. The average Bonchev–Trinajstić information content (AvgIpc) is 3.07. The molecule has 6 nitrogen and oxygen atoms in total. The Morgan fingerprint density at radius 2 is 1.81 bits per heavy atom. The van der Waals surface area contributed by atoms with Gasteiger partial charge in [-0.05, 0) is 24.3 Å². The molecule has 0 unspecified atom stereocenters. The molecule has 0 aliphatic heterocycles. The van der Waals surface area contributed by atoms with Crippen LogP contribution in [0.25, 0.3) is 22.4 Å². The van der Waals surface area contributed by atoms with E-state index in [1.807, 2.05) is 0 Å². The number of halogens is 2. The Balaban J connectivity index is 1.87. The number of hydrogen-bond acceptors (Lipinski definition) is 5. The molecule has 4 aromatic rings. The number of anilines is 1. The lowest BCUT2D eigenvalue weighted by Crippen LogP contribution is -2.06. The number of hydrogen-bond donors (Lipinski definition) is 1. The lowest BCUT2D eigenvalue weighted by atomic mass is 10.1. The van der Waals surface area contributed by atoms with Crippen molar-refractivity contribution >= 4 is 17.1 Å². The van der Waals surface area contributed by atoms with Crippen molar-refractivity contribution in [1.82, 2.24) is 19.5 Å². The van der Waals surface area contributed by atoms with Crippen molar-refractivity contribution in [3.63, 3.8) is 0 Å². The largest absolute Gasteiger partial charge is 0.368 e. The summed E-state index contributed by atoms with van der Waals surface area (Å²) in [7, 11) is 0. The fraction of sp³-hybridized carbons (Fsp3) is 0.0526. The van der Waals surface area contributed by atoms with Gasteiger partial charge in [0.2, 0.25) is 5.95 Å². The molecule has 0 fully saturated rings. The van der Waals surface area contributed by atoms with Gasteiger partial charge in [-0.25, -0.2) is 18.7 Å². The number of nitriles is 1. The molecule has 0 atom stereocenters. The van der Waals surface area contributed by atoms with E-state index in [1.165, 1.54) is 29.1 Å². The van der Waals surface area contributed by atoms with Crippen LogP contribution in [-0.2, 0) is 6.54 Å². The lowest BCUT2D eigenvalue weighted by molar-refractivity contribution is 0.546. The minimum absolute atomic E-state index is 0.00406. The summed E-state index contributed by atoms with van der Waals surface area (Å²) in [5.74, 6) is -1.31. The van der Waals surface area contributed by atoms with Crippen molar-refractivity contribution < 1.29 is 8.78 Å². The highest BCUT2D eigenvalue weighted by molar-refractivity contribution is 5.88. The van der Waals surface area contributed by atoms with Gasteiger partial charge in [-0.1, -0.05) is 18.2 Å². The van der Waals surface area contributed by atoms with Crippen molar-refractivity contribution in [2.75, 3.05) is 5.73 Å². The summed E-state index contributed by atoms with van der Waals surface area (Å²) in [5, 5.41) is 9.10. The molecule has 0 aliphatic rings. The van der Waals surface area contributed by atoms with Crippen LogP contribution >= 0.6 is 0 Å². The Labute approximate surface area is 152 Å². The highest BCUT2D eigenvalue weighted by atomic mass is 19.1. The molecule has 0 radical (unpaired) electrons. The predicted molar refractivity (Wildman–Crippen MR) is 95.3 cm³/mol. The van der Waals surface area contributed by atoms with Crippen LogP contribution in [-0.4, -0.2) is 19.5 Å². The monoisotopic (exact) mass is 362 g/mol. The van der Waals surface area contributed by atoms with Gasteiger partial charge in [-0.15, -0.1) is 0 Å². The number of nitrogen functional groups attached to an aromatic ring is 1. The van der Waals surface area contributed by atoms with Crippen molar-refractivity contribution in [3.8, 4) is 17.3 Å². The zero-order chi connectivity index (χ0) is 19.0. The maximum absolute atomic E-state index is 14.0. The Hall–Kier alpha value is -3.86. The molecule has 0 spiro atoms. The minimum Gasteiger partial charge on any atom is -0.368 e. The van der Waals surface area contributed by atoms with E-state index in [-0.39, 0.29) is 18.1 Å². The molecular formula is C19H12F2N6. The van der Waals surface area contributed by atoms with E-state index in [9.17, 15) is 8.78 Å². The Morgan fingerprint density at radius 1 is 1.07 bits per heavy atom. The number of nitrogens with two attached hydrogens (primary N) is 1. The quantitative estimate of drug-likeness (QED) is 0.604. The van der Waals surface area contributed by atoms with Crippen molar-refractivity contribution in [2.24, 2.45) is 0 Å². The van der Waals surface area contributed by atoms with Crippen molar-refractivity contribution in [1.29, 1.82) is 5.26 Å². The van der Waals surface area contributed by atoms with Gasteiger partial charge in [0.15, 0.2) is 5.65 Å². The maximum atomic E-state index is 14.0. The van der Waals surface area contributed by atoms with Crippen LogP contribution in [0.3, 0.4) is 0 Å². The third-order valence-corrected chi connectivity index (χ3v) is 4.14. The first-order valence-electron chi connectivity index (χ1n) is 7.98. The molecule has 0 amide bonds. The van der Waals surface area contributed by atoms with Crippen LogP contribution in [0.1, 0.15) is 11.1 Å². The fourth-order valence-electron chi connectivity index (χ4n) is 2.87. The second-order valence-corrected chi connectivity index (χ2v) is 5.87. The summed E-state index contributed by atoms with van der Waals surface area (Å²) in [6.45, 7) is -0.0941. The number of aromatic nitrogens is 4.